The number of rotatable bonds is 4. The monoisotopic (exact) mass is 157 g/mol. The van der Waals surface area contributed by atoms with Crippen LogP contribution >= 0.6 is 0 Å². The molecule has 1 heterocycles. The van der Waals surface area contributed by atoms with Crippen LogP contribution in [0.3, 0.4) is 0 Å². The summed E-state index contributed by atoms with van der Waals surface area (Å²) in [5.74, 6) is 0. The molecule has 1 unspecified atom stereocenters. The molecule has 0 aliphatic carbocycles. The molecule has 0 aromatic rings. The normalized spacial score (nSPS) is 24.3. The lowest BCUT2D eigenvalue weighted by molar-refractivity contribution is -0.0998. The van der Waals surface area contributed by atoms with Crippen LogP contribution in [0.5, 0.6) is 0 Å². The molecule has 1 fully saturated rings. The van der Waals surface area contributed by atoms with Gasteiger partial charge in [0.25, 0.3) is 0 Å². The van der Waals surface area contributed by atoms with E-state index in [1.54, 1.807) is 0 Å². The summed E-state index contributed by atoms with van der Waals surface area (Å²) in [5, 5.41) is 3.49. The molecule has 1 N–H and O–H groups in total. The summed E-state index contributed by atoms with van der Waals surface area (Å²) < 4.78 is 5.16. The first-order chi connectivity index (χ1) is 5.16. The zero-order valence-electron chi connectivity index (χ0n) is 7.81. The fraction of sp³-hybridized carbons (Fsp3) is 1.00. The molecular formula is C9H19NO. The first-order valence-corrected chi connectivity index (χ1v) is 4.47. The van der Waals surface area contributed by atoms with E-state index >= 15 is 0 Å². The Morgan fingerprint density at radius 2 is 2.18 bits per heavy atom. The Balaban J connectivity index is 2.11. The van der Waals surface area contributed by atoms with Crippen molar-refractivity contribution in [2.24, 2.45) is 5.41 Å². The zero-order valence-corrected chi connectivity index (χ0v) is 7.81. The smallest absolute Gasteiger partial charge is 0.0554 e. The fourth-order valence-corrected chi connectivity index (χ4v) is 1.12. The highest BCUT2D eigenvalue weighted by atomic mass is 16.5. The van der Waals surface area contributed by atoms with Crippen LogP contribution < -0.4 is 5.32 Å². The van der Waals surface area contributed by atoms with Gasteiger partial charge in [-0.25, -0.2) is 0 Å². The van der Waals surface area contributed by atoms with Gasteiger partial charge in [0.2, 0.25) is 0 Å². The van der Waals surface area contributed by atoms with E-state index in [2.05, 4.69) is 26.1 Å². The quantitative estimate of drug-likeness (QED) is 0.666. The Kier molecular flexibility index (Phi) is 2.90. The van der Waals surface area contributed by atoms with Crippen LogP contribution in [0, 0.1) is 5.41 Å². The van der Waals surface area contributed by atoms with Gasteiger partial charge in [0.05, 0.1) is 13.2 Å². The summed E-state index contributed by atoms with van der Waals surface area (Å²) in [6, 6.07) is 0.646. The van der Waals surface area contributed by atoms with Gasteiger partial charge in [-0.2, -0.15) is 0 Å². The van der Waals surface area contributed by atoms with Crippen molar-refractivity contribution >= 4 is 0 Å². The molecule has 0 aromatic heterocycles. The lowest BCUT2D eigenvalue weighted by Gasteiger charge is -2.38. The van der Waals surface area contributed by atoms with Crippen molar-refractivity contribution in [3.8, 4) is 0 Å². The largest absolute Gasteiger partial charge is 0.380 e. The first kappa shape index (κ1) is 9.01. The lowest BCUT2D eigenvalue weighted by Crippen LogP contribution is -2.48. The molecule has 1 aliphatic heterocycles. The molecule has 1 aliphatic rings. The lowest BCUT2D eigenvalue weighted by atomic mass is 9.88. The van der Waals surface area contributed by atoms with Crippen molar-refractivity contribution in [1.82, 2.24) is 5.32 Å². The van der Waals surface area contributed by atoms with Gasteiger partial charge in [0.15, 0.2) is 0 Å². The maximum Gasteiger partial charge on any atom is 0.0554 e. The topological polar surface area (TPSA) is 21.3 Å². The zero-order chi connectivity index (χ0) is 8.32. The highest BCUT2D eigenvalue weighted by molar-refractivity contribution is 4.83. The summed E-state index contributed by atoms with van der Waals surface area (Å²) in [7, 11) is 0. The summed E-state index contributed by atoms with van der Waals surface area (Å²) >= 11 is 0. The van der Waals surface area contributed by atoms with E-state index in [1.165, 1.54) is 6.42 Å². The van der Waals surface area contributed by atoms with Crippen molar-refractivity contribution in [3.63, 3.8) is 0 Å². The maximum atomic E-state index is 5.16. The molecular weight excluding hydrogens is 138 g/mol. The van der Waals surface area contributed by atoms with E-state index in [-0.39, 0.29) is 0 Å². The van der Waals surface area contributed by atoms with Crippen LogP contribution in [0.15, 0.2) is 0 Å². The molecule has 1 rings (SSSR count). The third-order valence-corrected chi connectivity index (χ3v) is 2.39. The number of ether oxygens (including phenoxy) is 1. The SMILES string of the molecule is CCC(C)NCC1(C)COC1. The molecule has 1 atom stereocenters. The van der Waals surface area contributed by atoms with Gasteiger partial charge in [-0.1, -0.05) is 13.8 Å². The molecule has 1 saturated heterocycles. The fourth-order valence-electron chi connectivity index (χ4n) is 1.12. The van der Waals surface area contributed by atoms with Crippen molar-refractivity contribution in [2.45, 2.75) is 33.2 Å². The summed E-state index contributed by atoms with van der Waals surface area (Å²) in [6.45, 7) is 9.65. The average Bonchev–Trinajstić information content (AvgIpc) is 1.96. The van der Waals surface area contributed by atoms with E-state index in [9.17, 15) is 0 Å². The van der Waals surface area contributed by atoms with Crippen LogP contribution in [-0.4, -0.2) is 25.8 Å². The highest BCUT2D eigenvalue weighted by Crippen LogP contribution is 2.25. The van der Waals surface area contributed by atoms with Gasteiger partial charge < -0.3 is 10.1 Å². The Hall–Kier alpha value is -0.0800. The van der Waals surface area contributed by atoms with E-state index in [4.69, 9.17) is 4.74 Å². The van der Waals surface area contributed by atoms with Crippen LogP contribution in [0.4, 0.5) is 0 Å². The van der Waals surface area contributed by atoms with Crippen molar-refractivity contribution < 1.29 is 4.74 Å². The number of hydrogen-bond acceptors (Lipinski definition) is 2. The van der Waals surface area contributed by atoms with E-state index in [1.807, 2.05) is 0 Å². The van der Waals surface area contributed by atoms with Gasteiger partial charge in [0, 0.05) is 18.0 Å². The number of nitrogens with one attached hydrogen (secondary N) is 1. The minimum atomic E-state index is 0.420. The Morgan fingerprint density at radius 1 is 1.55 bits per heavy atom. The second-order valence-electron chi connectivity index (χ2n) is 3.99. The first-order valence-electron chi connectivity index (χ1n) is 4.47. The van der Waals surface area contributed by atoms with Crippen molar-refractivity contribution in [2.75, 3.05) is 19.8 Å². The Labute approximate surface area is 69.3 Å². The van der Waals surface area contributed by atoms with Crippen LogP contribution in [0.2, 0.25) is 0 Å². The summed E-state index contributed by atoms with van der Waals surface area (Å²) in [5.41, 5.74) is 0.420. The number of hydrogen-bond donors (Lipinski definition) is 1. The molecule has 0 bridgehead atoms. The van der Waals surface area contributed by atoms with E-state index in [0.717, 1.165) is 19.8 Å². The van der Waals surface area contributed by atoms with Gasteiger partial charge >= 0.3 is 0 Å². The van der Waals surface area contributed by atoms with Crippen molar-refractivity contribution in [1.29, 1.82) is 0 Å². The van der Waals surface area contributed by atoms with Crippen LogP contribution in [0.25, 0.3) is 0 Å². The van der Waals surface area contributed by atoms with Crippen molar-refractivity contribution in [3.05, 3.63) is 0 Å². The molecule has 2 heteroatoms. The minimum Gasteiger partial charge on any atom is -0.380 e. The third kappa shape index (κ3) is 2.46. The van der Waals surface area contributed by atoms with E-state index < -0.39 is 0 Å². The molecule has 2 nitrogen and oxygen atoms in total. The predicted octanol–water partition coefficient (Wildman–Crippen LogP) is 1.41. The summed E-state index contributed by atoms with van der Waals surface area (Å²) in [6.07, 6.45) is 1.21. The second kappa shape index (κ2) is 3.55. The van der Waals surface area contributed by atoms with Crippen LogP contribution in [0.1, 0.15) is 27.2 Å². The molecule has 66 valence electrons. The van der Waals surface area contributed by atoms with Crippen LogP contribution in [-0.2, 0) is 4.74 Å². The summed E-state index contributed by atoms with van der Waals surface area (Å²) in [4.78, 5) is 0. The standard InChI is InChI=1S/C9H19NO/c1-4-8(2)10-5-9(3)6-11-7-9/h8,10H,4-7H2,1-3H3. The Bertz CT molecular complexity index is 121. The molecule has 0 amide bonds. The van der Waals surface area contributed by atoms with E-state index in [0.29, 0.717) is 11.5 Å². The molecule has 0 saturated carbocycles. The molecule has 0 spiro atoms. The van der Waals surface area contributed by atoms with Gasteiger partial charge in [-0.3, -0.25) is 0 Å². The van der Waals surface area contributed by atoms with Gasteiger partial charge in [-0.05, 0) is 13.3 Å². The Morgan fingerprint density at radius 3 is 2.55 bits per heavy atom. The predicted molar refractivity (Wildman–Crippen MR) is 46.7 cm³/mol. The third-order valence-electron chi connectivity index (χ3n) is 2.39. The average molecular weight is 157 g/mol. The molecule has 0 radical (unpaired) electrons. The molecule has 0 aromatic carbocycles. The highest BCUT2D eigenvalue weighted by Gasteiger charge is 2.32. The van der Waals surface area contributed by atoms with Gasteiger partial charge in [0.1, 0.15) is 0 Å². The maximum absolute atomic E-state index is 5.16. The molecule has 11 heavy (non-hydrogen) atoms. The van der Waals surface area contributed by atoms with Gasteiger partial charge in [-0.15, -0.1) is 0 Å². The second-order valence-corrected chi connectivity index (χ2v) is 3.99. The minimum absolute atomic E-state index is 0.420.